The molecule has 0 aliphatic carbocycles. The summed E-state index contributed by atoms with van der Waals surface area (Å²) in [5, 5.41) is 8.88. The second-order valence-corrected chi connectivity index (χ2v) is 5.98. The topological polar surface area (TPSA) is 130 Å². The van der Waals surface area contributed by atoms with Crippen LogP contribution in [0, 0.1) is 5.92 Å². The third kappa shape index (κ3) is 3.65. The summed E-state index contributed by atoms with van der Waals surface area (Å²) in [6.45, 7) is 1.49. The van der Waals surface area contributed by atoms with E-state index in [0.717, 1.165) is 4.31 Å². The van der Waals surface area contributed by atoms with Crippen LogP contribution in [-0.4, -0.2) is 48.8 Å². The molecule has 18 heavy (non-hydrogen) atoms. The predicted molar refractivity (Wildman–Crippen MR) is 62.6 cm³/mol. The zero-order valence-electron chi connectivity index (χ0n) is 10.00. The maximum absolute atomic E-state index is 11.9. The Morgan fingerprint density at radius 2 is 2.11 bits per heavy atom. The van der Waals surface area contributed by atoms with Crippen LogP contribution in [0.5, 0.6) is 0 Å². The van der Waals surface area contributed by atoms with Crippen LogP contribution in [0.1, 0.15) is 19.8 Å². The van der Waals surface area contributed by atoms with Crippen LogP contribution in [0.4, 0.5) is 0 Å². The van der Waals surface area contributed by atoms with Gasteiger partial charge in [-0.25, -0.2) is 0 Å². The number of hydrogen-bond donors (Lipinski definition) is 3. The SMILES string of the molecule is CC(NS(=O)(=O)N1CCCC(C(=O)O)C1)C(N)=O. The van der Waals surface area contributed by atoms with Crippen LogP contribution in [0.25, 0.3) is 0 Å². The molecule has 8 nitrogen and oxygen atoms in total. The van der Waals surface area contributed by atoms with Crippen molar-refractivity contribution in [2.24, 2.45) is 11.7 Å². The molecule has 1 rings (SSSR count). The molecule has 0 aromatic heterocycles. The molecular weight excluding hydrogens is 262 g/mol. The molecule has 1 aliphatic rings. The standard InChI is InChI=1S/C9H17N3O5S/c1-6(8(10)13)11-18(16,17)12-4-2-3-7(5-12)9(14)15/h6-7,11H,2-5H2,1H3,(H2,10,13)(H,14,15). The third-order valence-electron chi connectivity index (χ3n) is 2.83. The molecule has 0 saturated carbocycles. The Bertz CT molecular complexity index is 435. The minimum Gasteiger partial charge on any atom is -0.481 e. The molecule has 0 aromatic rings. The number of primary amides is 1. The number of nitrogens with one attached hydrogen (secondary N) is 1. The van der Waals surface area contributed by atoms with E-state index in [-0.39, 0.29) is 13.1 Å². The van der Waals surface area contributed by atoms with Gasteiger partial charge >= 0.3 is 5.97 Å². The number of amides is 1. The largest absolute Gasteiger partial charge is 0.481 e. The summed E-state index contributed by atoms with van der Waals surface area (Å²) in [7, 11) is -3.87. The van der Waals surface area contributed by atoms with Crippen molar-refractivity contribution in [1.82, 2.24) is 9.03 Å². The Morgan fingerprint density at radius 1 is 1.50 bits per heavy atom. The number of aliphatic carboxylic acids is 1. The van der Waals surface area contributed by atoms with Gasteiger partial charge in [0.1, 0.15) is 0 Å². The highest BCUT2D eigenvalue weighted by Gasteiger charge is 2.33. The van der Waals surface area contributed by atoms with Gasteiger partial charge in [-0.05, 0) is 19.8 Å². The Hall–Kier alpha value is -1.19. The molecular formula is C9H17N3O5S. The lowest BCUT2D eigenvalue weighted by molar-refractivity contribution is -0.142. The lowest BCUT2D eigenvalue weighted by Gasteiger charge is -2.30. The van der Waals surface area contributed by atoms with Gasteiger partial charge in [-0.15, -0.1) is 0 Å². The molecule has 9 heteroatoms. The first kappa shape index (κ1) is 14.9. The number of nitrogens with two attached hydrogens (primary N) is 1. The van der Waals surface area contributed by atoms with E-state index in [9.17, 15) is 18.0 Å². The van der Waals surface area contributed by atoms with Gasteiger partial charge in [0.2, 0.25) is 5.91 Å². The van der Waals surface area contributed by atoms with Gasteiger partial charge < -0.3 is 10.8 Å². The quantitative estimate of drug-likeness (QED) is 0.563. The second-order valence-electron chi connectivity index (χ2n) is 4.28. The van der Waals surface area contributed by atoms with Crippen molar-refractivity contribution in [1.29, 1.82) is 0 Å². The molecule has 0 radical (unpaired) electrons. The van der Waals surface area contributed by atoms with Crippen LogP contribution in [0.3, 0.4) is 0 Å². The van der Waals surface area contributed by atoms with E-state index in [0.29, 0.717) is 12.8 Å². The minimum absolute atomic E-state index is 0.0872. The average molecular weight is 279 g/mol. The van der Waals surface area contributed by atoms with Gasteiger partial charge in [0.25, 0.3) is 10.2 Å². The van der Waals surface area contributed by atoms with Crippen molar-refractivity contribution in [2.45, 2.75) is 25.8 Å². The van der Waals surface area contributed by atoms with Gasteiger partial charge in [0, 0.05) is 13.1 Å². The third-order valence-corrected chi connectivity index (χ3v) is 4.49. The van der Waals surface area contributed by atoms with Crippen molar-refractivity contribution in [3.05, 3.63) is 0 Å². The van der Waals surface area contributed by atoms with E-state index in [1.807, 2.05) is 0 Å². The maximum Gasteiger partial charge on any atom is 0.307 e. The lowest BCUT2D eigenvalue weighted by atomic mass is 10.0. The highest BCUT2D eigenvalue weighted by Crippen LogP contribution is 2.18. The number of carboxylic acid groups (broad SMARTS) is 1. The first-order valence-electron chi connectivity index (χ1n) is 5.53. The molecule has 0 bridgehead atoms. The second kappa shape index (κ2) is 5.63. The van der Waals surface area contributed by atoms with Crippen molar-refractivity contribution < 1.29 is 23.1 Å². The van der Waals surface area contributed by atoms with Gasteiger partial charge in [-0.1, -0.05) is 0 Å². The monoisotopic (exact) mass is 279 g/mol. The Kier molecular flexibility index (Phi) is 4.65. The van der Waals surface area contributed by atoms with E-state index in [2.05, 4.69) is 4.72 Å². The highest BCUT2D eigenvalue weighted by molar-refractivity contribution is 7.87. The average Bonchev–Trinajstić information content (AvgIpc) is 2.28. The first-order valence-corrected chi connectivity index (χ1v) is 6.97. The molecule has 1 aliphatic heterocycles. The van der Waals surface area contributed by atoms with Gasteiger partial charge in [0.05, 0.1) is 12.0 Å². The summed E-state index contributed by atoms with van der Waals surface area (Å²) in [5.41, 5.74) is 4.97. The van der Waals surface area contributed by atoms with Crippen LogP contribution in [0.15, 0.2) is 0 Å². The molecule has 1 amide bonds. The number of piperidine rings is 1. The van der Waals surface area contributed by atoms with Gasteiger partial charge in [-0.3, -0.25) is 9.59 Å². The summed E-state index contributed by atoms with van der Waals surface area (Å²) in [4.78, 5) is 21.7. The fourth-order valence-corrected chi connectivity index (χ4v) is 3.18. The zero-order valence-corrected chi connectivity index (χ0v) is 10.8. The molecule has 0 aromatic carbocycles. The fourth-order valence-electron chi connectivity index (χ4n) is 1.72. The summed E-state index contributed by atoms with van der Waals surface area (Å²) in [5.74, 6) is -2.51. The van der Waals surface area contributed by atoms with Crippen LogP contribution in [-0.2, 0) is 19.8 Å². The van der Waals surface area contributed by atoms with Crippen molar-refractivity contribution in [3.63, 3.8) is 0 Å². The molecule has 1 heterocycles. The number of carbonyl (C=O) groups is 2. The van der Waals surface area contributed by atoms with E-state index in [1.54, 1.807) is 0 Å². The van der Waals surface area contributed by atoms with Gasteiger partial charge in [-0.2, -0.15) is 17.4 Å². The molecule has 104 valence electrons. The minimum atomic E-state index is -3.87. The highest BCUT2D eigenvalue weighted by atomic mass is 32.2. The Morgan fingerprint density at radius 3 is 2.61 bits per heavy atom. The summed E-state index contributed by atoms with van der Waals surface area (Å²) < 4.78 is 26.9. The van der Waals surface area contributed by atoms with Gasteiger partial charge in [0.15, 0.2) is 0 Å². The van der Waals surface area contributed by atoms with E-state index < -0.39 is 34.0 Å². The normalized spacial score (nSPS) is 23.5. The van der Waals surface area contributed by atoms with Crippen molar-refractivity contribution >= 4 is 22.1 Å². The summed E-state index contributed by atoms with van der Waals surface area (Å²) in [6, 6.07) is -1.03. The van der Waals surface area contributed by atoms with Crippen molar-refractivity contribution in [2.75, 3.05) is 13.1 Å². The molecule has 0 spiro atoms. The predicted octanol–water partition coefficient (Wildman–Crippen LogP) is -1.51. The Labute approximate surface area is 105 Å². The molecule has 2 atom stereocenters. The number of rotatable bonds is 5. The number of hydrogen-bond acceptors (Lipinski definition) is 4. The number of carbonyl (C=O) groups excluding carboxylic acids is 1. The number of carboxylic acids is 1. The molecule has 1 saturated heterocycles. The molecule has 2 unspecified atom stereocenters. The van der Waals surface area contributed by atoms with Crippen molar-refractivity contribution in [3.8, 4) is 0 Å². The fraction of sp³-hybridized carbons (Fsp3) is 0.778. The smallest absolute Gasteiger partial charge is 0.307 e. The molecule has 1 fully saturated rings. The van der Waals surface area contributed by atoms with E-state index in [4.69, 9.17) is 10.8 Å². The lowest BCUT2D eigenvalue weighted by Crippen LogP contribution is -2.52. The van der Waals surface area contributed by atoms with Crippen LogP contribution in [0.2, 0.25) is 0 Å². The summed E-state index contributed by atoms with van der Waals surface area (Å²) >= 11 is 0. The van der Waals surface area contributed by atoms with E-state index >= 15 is 0 Å². The Balaban J connectivity index is 2.73. The van der Waals surface area contributed by atoms with E-state index in [1.165, 1.54) is 6.92 Å². The number of nitrogens with zero attached hydrogens (tertiary/aromatic N) is 1. The van der Waals surface area contributed by atoms with Crippen LogP contribution < -0.4 is 10.5 Å². The summed E-state index contributed by atoms with van der Waals surface area (Å²) in [6.07, 6.45) is 0.926. The first-order chi connectivity index (χ1) is 8.24. The van der Waals surface area contributed by atoms with Crippen LogP contribution >= 0.6 is 0 Å². The molecule has 4 N–H and O–H groups in total. The maximum atomic E-state index is 11.9. The zero-order chi connectivity index (χ0) is 13.9.